The van der Waals surface area contributed by atoms with Crippen LogP contribution in [0.1, 0.15) is 34.3 Å². The van der Waals surface area contributed by atoms with Gasteiger partial charge in [-0.2, -0.15) is 5.10 Å². The summed E-state index contributed by atoms with van der Waals surface area (Å²) in [6, 6.07) is 20.1. The van der Waals surface area contributed by atoms with Crippen LogP contribution >= 0.6 is 8.73 Å². The molecule has 33 heavy (non-hydrogen) atoms. The van der Waals surface area contributed by atoms with Gasteiger partial charge in [-0.05, 0) is 39.9 Å². The van der Waals surface area contributed by atoms with Gasteiger partial charge in [0.15, 0.2) is 5.69 Å². The van der Waals surface area contributed by atoms with Gasteiger partial charge in [-0.3, -0.25) is 9.59 Å². The van der Waals surface area contributed by atoms with E-state index in [1.165, 1.54) is 5.69 Å². The Morgan fingerprint density at radius 3 is 2.21 bits per heavy atom. The molecule has 0 radical (unpaired) electrons. The first-order valence-electron chi connectivity index (χ1n) is 11.3. The number of para-hydroxylation sites is 2. The molecule has 3 heterocycles. The van der Waals surface area contributed by atoms with Gasteiger partial charge in [0.25, 0.3) is 5.91 Å². The average Bonchev–Trinajstić information content (AvgIpc) is 3.21. The van der Waals surface area contributed by atoms with Gasteiger partial charge in [-0.25, -0.2) is 4.68 Å². The number of amides is 2. The molecule has 170 valence electrons. The van der Waals surface area contributed by atoms with E-state index in [1.807, 2.05) is 65.0 Å². The highest BCUT2D eigenvalue weighted by Gasteiger charge is 2.36. The monoisotopic (exact) mass is 461 g/mol. The Morgan fingerprint density at radius 1 is 0.970 bits per heavy atom. The molecule has 0 N–H and O–H groups in total. The van der Waals surface area contributed by atoms with Gasteiger partial charge in [-0.15, -0.1) is 0 Å². The molecule has 2 aliphatic rings. The lowest BCUT2D eigenvalue weighted by Crippen LogP contribution is -2.51. The van der Waals surface area contributed by atoms with Crippen LogP contribution < -0.4 is 4.90 Å². The summed E-state index contributed by atoms with van der Waals surface area (Å²) in [6.45, 7) is 7.18. The van der Waals surface area contributed by atoms with Crippen molar-refractivity contribution in [2.45, 2.75) is 19.5 Å². The molecule has 0 bridgehead atoms. The van der Waals surface area contributed by atoms with Gasteiger partial charge in [-0.1, -0.05) is 43.3 Å². The molecular weight excluding hydrogens is 433 g/mol. The fraction of sp³-hybridized carbons (Fsp3) is 0.320. The molecule has 1 saturated heterocycles. The van der Waals surface area contributed by atoms with Crippen LogP contribution in [0.5, 0.6) is 0 Å². The second-order valence-electron chi connectivity index (χ2n) is 8.54. The lowest BCUT2D eigenvalue weighted by atomic mass is 10.1. The topological polar surface area (TPSA) is 61.7 Å². The van der Waals surface area contributed by atoms with Gasteiger partial charge in [0.1, 0.15) is 6.54 Å². The summed E-state index contributed by atoms with van der Waals surface area (Å²) in [6.07, 6.45) is 0. The van der Waals surface area contributed by atoms with Gasteiger partial charge in [0.05, 0.1) is 5.69 Å². The molecule has 0 aliphatic carbocycles. The third-order valence-corrected chi connectivity index (χ3v) is 7.79. The zero-order valence-electron chi connectivity index (χ0n) is 18.9. The van der Waals surface area contributed by atoms with E-state index >= 15 is 0 Å². The number of carbonyl (C=O) groups is 2. The van der Waals surface area contributed by atoms with Gasteiger partial charge < -0.3 is 14.5 Å². The van der Waals surface area contributed by atoms with Crippen molar-refractivity contribution in [2.75, 3.05) is 37.6 Å². The number of nitrogens with zero attached hydrogens (tertiary/aromatic N) is 5. The summed E-state index contributed by atoms with van der Waals surface area (Å²) in [4.78, 5) is 30.5. The van der Waals surface area contributed by atoms with E-state index in [1.54, 1.807) is 4.67 Å². The Kier molecular flexibility index (Phi) is 5.90. The molecule has 1 aromatic heterocycles. The molecule has 2 aliphatic heterocycles. The first kappa shape index (κ1) is 21.7. The second kappa shape index (κ2) is 8.99. The maximum Gasteiger partial charge on any atom is 0.278 e. The van der Waals surface area contributed by atoms with Crippen LogP contribution in [0.4, 0.5) is 5.69 Å². The maximum absolute atomic E-state index is 13.3. The first-order chi connectivity index (χ1) is 16.0. The van der Waals surface area contributed by atoms with Crippen molar-refractivity contribution in [2.24, 2.45) is 0 Å². The minimum atomic E-state index is -0.143. The third kappa shape index (κ3) is 4.13. The largest absolute Gasteiger partial charge is 0.368 e. The van der Waals surface area contributed by atoms with Crippen molar-refractivity contribution in [3.63, 3.8) is 0 Å². The standard InChI is InChI=1S/C25H28N5O2P/c1-18-23-19(2)33-29(25(32)24(23)26-30(18)21-11-7-4-8-12-21)17-22(31)28-15-13-27(14-16-28)20-9-5-3-6-10-20/h3-12,19,33H,13-17H2,1-2H3. The van der Waals surface area contributed by atoms with E-state index in [4.69, 9.17) is 0 Å². The maximum atomic E-state index is 13.3. The quantitative estimate of drug-likeness (QED) is 0.557. The Hall–Kier alpha value is -3.18. The van der Waals surface area contributed by atoms with E-state index in [-0.39, 0.29) is 32.7 Å². The van der Waals surface area contributed by atoms with Crippen LogP contribution in [0.15, 0.2) is 60.7 Å². The fourth-order valence-corrected chi connectivity index (χ4v) is 6.09. The molecule has 3 aromatic rings. The van der Waals surface area contributed by atoms with Gasteiger partial charge in [0, 0.05) is 48.8 Å². The van der Waals surface area contributed by atoms with Crippen molar-refractivity contribution in [3.8, 4) is 5.69 Å². The highest BCUT2D eigenvalue weighted by Crippen LogP contribution is 2.45. The number of anilines is 1. The lowest BCUT2D eigenvalue weighted by molar-refractivity contribution is -0.131. The van der Waals surface area contributed by atoms with Crippen molar-refractivity contribution in [1.29, 1.82) is 0 Å². The summed E-state index contributed by atoms with van der Waals surface area (Å²) in [7, 11) is 0.233. The molecule has 2 aromatic carbocycles. The number of hydrogen-bond donors (Lipinski definition) is 0. The molecule has 2 atom stereocenters. The number of benzene rings is 2. The van der Waals surface area contributed by atoms with Crippen molar-refractivity contribution in [1.82, 2.24) is 19.4 Å². The summed E-state index contributed by atoms with van der Waals surface area (Å²) in [5.41, 5.74) is 4.74. The smallest absolute Gasteiger partial charge is 0.278 e. The molecule has 2 amide bonds. The van der Waals surface area contributed by atoms with Crippen LogP contribution in [0.2, 0.25) is 0 Å². The van der Waals surface area contributed by atoms with Crippen LogP contribution in [-0.4, -0.2) is 63.9 Å². The van der Waals surface area contributed by atoms with E-state index < -0.39 is 0 Å². The summed E-state index contributed by atoms with van der Waals surface area (Å²) in [5, 5.41) is 4.66. The minimum absolute atomic E-state index is 0.0124. The fourth-order valence-electron chi connectivity index (χ4n) is 4.70. The first-order valence-corrected chi connectivity index (χ1v) is 12.4. The van der Waals surface area contributed by atoms with Crippen molar-refractivity contribution in [3.05, 3.63) is 77.6 Å². The lowest BCUT2D eigenvalue weighted by Gasteiger charge is -2.37. The molecular formula is C25H28N5O2P. The summed E-state index contributed by atoms with van der Waals surface area (Å²) in [5.74, 6) is -0.131. The molecule has 7 nitrogen and oxygen atoms in total. The van der Waals surface area contributed by atoms with E-state index in [2.05, 4.69) is 29.1 Å². The molecule has 2 unspecified atom stereocenters. The van der Waals surface area contributed by atoms with Crippen LogP contribution in [0.3, 0.4) is 0 Å². The SMILES string of the molecule is Cc1c2c(nn1-c1ccccc1)C(=O)N(CC(=O)N1CCN(c3ccccc3)CC1)PC2C. The number of rotatable bonds is 4. The van der Waals surface area contributed by atoms with Crippen molar-refractivity contribution >= 4 is 26.2 Å². The summed E-state index contributed by atoms with van der Waals surface area (Å²) < 4.78 is 3.54. The number of carbonyl (C=O) groups excluding carboxylic acids is 2. The normalized spacial score (nSPS) is 19.2. The predicted molar refractivity (Wildman–Crippen MR) is 131 cm³/mol. The van der Waals surface area contributed by atoms with Crippen molar-refractivity contribution < 1.29 is 9.59 Å². The zero-order valence-corrected chi connectivity index (χ0v) is 19.9. The van der Waals surface area contributed by atoms with Gasteiger partial charge >= 0.3 is 0 Å². The number of aromatic nitrogens is 2. The predicted octanol–water partition coefficient (Wildman–Crippen LogP) is 3.64. The average molecular weight is 462 g/mol. The van der Waals surface area contributed by atoms with Crippen LogP contribution in [0, 0.1) is 6.92 Å². The summed E-state index contributed by atoms with van der Waals surface area (Å²) >= 11 is 0. The number of hydrogen-bond acceptors (Lipinski definition) is 4. The number of piperazine rings is 1. The minimum Gasteiger partial charge on any atom is -0.368 e. The van der Waals surface area contributed by atoms with E-state index in [9.17, 15) is 9.59 Å². The molecule has 5 rings (SSSR count). The number of fused-ring (bicyclic) bond motifs is 1. The Morgan fingerprint density at radius 2 is 1.58 bits per heavy atom. The van der Waals surface area contributed by atoms with E-state index in [0.717, 1.165) is 30.0 Å². The highest BCUT2D eigenvalue weighted by atomic mass is 31.1. The van der Waals surface area contributed by atoms with E-state index in [0.29, 0.717) is 18.8 Å². The molecule has 8 heteroatoms. The van der Waals surface area contributed by atoms with Crippen LogP contribution in [0.25, 0.3) is 5.69 Å². The highest BCUT2D eigenvalue weighted by molar-refractivity contribution is 7.37. The Balaban J connectivity index is 1.27. The molecule has 0 spiro atoms. The molecule has 0 saturated carbocycles. The third-order valence-electron chi connectivity index (χ3n) is 6.44. The molecule has 1 fully saturated rings. The Labute approximate surface area is 195 Å². The zero-order chi connectivity index (χ0) is 22.9. The Bertz CT molecular complexity index is 1160. The van der Waals surface area contributed by atoms with Crippen LogP contribution in [-0.2, 0) is 4.79 Å². The van der Waals surface area contributed by atoms with Gasteiger partial charge in [0.2, 0.25) is 5.91 Å². The second-order valence-corrected chi connectivity index (χ2v) is 10.2.